The zero-order chi connectivity index (χ0) is 15.8. The Morgan fingerprint density at radius 3 is 2.76 bits per heavy atom. The maximum absolute atomic E-state index is 13.5. The Bertz CT molecular complexity index is 678. The van der Waals surface area contributed by atoms with Crippen molar-refractivity contribution in [2.75, 3.05) is 6.61 Å². The summed E-state index contributed by atoms with van der Waals surface area (Å²) >= 11 is 4.72. The van der Waals surface area contributed by atoms with Gasteiger partial charge in [0.25, 0.3) is 0 Å². The summed E-state index contributed by atoms with van der Waals surface area (Å²) in [6.07, 6.45) is 0.319. The van der Waals surface area contributed by atoms with E-state index in [4.69, 9.17) is 22.7 Å². The van der Waals surface area contributed by atoms with Crippen LogP contribution in [0.1, 0.15) is 25.8 Å². The fraction of sp³-hybridized carbons (Fsp3) is 0.462. The van der Waals surface area contributed by atoms with E-state index in [1.165, 1.54) is 6.07 Å². The molecule has 2 atom stereocenters. The number of thiocarbonyl (C=S) groups is 1. The molecule has 0 radical (unpaired) electrons. The largest absolute Gasteiger partial charge is 0.389 e. The molecule has 8 heteroatoms. The van der Waals surface area contributed by atoms with Gasteiger partial charge >= 0.3 is 0 Å². The van der Waals surface area contributed by atoms with Crippen molar-refractivity contribution in [3.63, 3.8) is 0 Å². The van der Waals surface area contributed by atoms with Gasteiger partial charge < -0.3 is 10.5 Å². The predicted octanol–water partition coefficient (Wildman–Crippen LogP) is 1.31. The number of ether oxygens (including phenoxy) is 1. The number of rotatable bonds is 4. The number of benzene rings is 1. The topological polar surface area (TPSA) is 81.4 Å². The number of halogens is 1. The van der Waals surface area contributed by atoms with Crippen molar-refractivity contribution >= 4 is 27.2 Å². The molecule has 2 rings (SSSR count). The van der Waals surface area contributed by atoms with Crippen LogP contribution in [0.25, 0.3) is 0 Å². The van der Waals surface area contributed by atoms with Crippen molar-refractivity contribution in [2.24, 2.45) is 5.73 Å². The van der Waals surface area contributed by atoms with Gasteiger partial charge in [-0.2, -0.15) is 0 Å². The van der Waals surface area contributed by atoms with Crippen LogP contribution in [-0.2, 0) is 14.8 Å². The quantitative estimate of drug-likeness (QED) is 0.813. The smallest absolute Gasteiger partial charge is 0.241 e. The van der Waals surface area contributed by atoms with E-state index in [1.807, 2.05) is 0 Å². The summed E-state index contributed by atoms with van der Waals surface area (Å²) in [7, 11) is -3.82. The molecule has 0 bridgehead atoms. The second-order valence-corrected chi connectivity index (χ2v) is 7.41. The van der Waals surface area contributed by atoms with E-state index in [9.17, 15) is 12.8 Å². The molecule has 1 aliphatic heterocycles. The first-order chi connectivity index (χ1) is 9.66. The minimum absolute atomic E-state index is 0.0768. The summed E-state index contributed by atoms with van der Waals surface area (Å²) in [5.74, 6) is -0.648. The van der Waals surface area contributed by atoms with Gasteiger partial charge in [-0.25, -0.2) is 17.5 Å². The molecule has 1 aromatic rings. The Morgan fingerprint density at radius 2 is 2.24 bits per heavy atom. The Balaban J connectivity index is 2.36. The van der Waals surface area contributed by atoms with E-state index >= 15 is 0 Å². The van der Waals surface area contributed by atoms with E-state index in [2.05, 4.69) is 4.72 Å². The molecule has 0 spiro atoms. The summed E-state index contributed by atoms with van der Waals surface area (Å²) in [5, 5.41) is 0. The fourth-order valence-corrected chi connectivity index (χ4v) is 3.87. The summed E-state index contributed by atoms with van der Waals surface area (Å²) in [5.41, 5.74) is 4.61. The SMILES string of the molecule is CC1OCCC1(C)NS(=O)(=O)c1ccc(F)c(C(N)=S)c1. The molecular weight excluding hydrogens is 315 g/mol. The molecule has 0 aromatic heterocycles. The van der Waals surface area contributed by atoms with Gasteiger partial charge in [0.05, 0.1) is 16.5 Å². The van der Waals surface area contributed by atoms with Gasteiger partial charge in [-0.05, 0) is 38.5 Å². The first-order valence-corrected chi connectivity index (χ1v) is 8.30. The van der Waals surface area contributed by atoms with Crippen molar-refractivity contribution in [3.05, 3.63) is 29.6 Å². The highest BCUT2D eigenvalue weighted by Crippen LogP contribution is 2.27. The van der Waals surface area contributed by atoms with Gasteiger partial charge in [-0.15, -0.1) is 0 Å². The lowest BCUT2D eigenvalue weighted by Gasteiger charge is -2.28. The van der Waals surface area contributed by atoms with Crippen LogP contribution in [0, 0.1) is 5.82 Å². The maximum Gasteiger partial charge on any atom is 0.241 e. The van der Waals surface area contributed by atoms with E-state index in [0.29, 0.717) is 13.0 Å². The van der Waals surface area contributed by atoms with Gasteiger partial charge in [0.2, 0.25) is 10.0 Å². The third-order valence-corrected chi connectivity index (χ3v) is 5.60. The Morgan fingerprint density at radius 1 is 1.57 bits per heavy atom. The van der Waals surface area contributed by atoms with Crippen LogP contribution >= 0.6 is 12.2 Å². The molecule has 0 saturated carbocycles. The first-order valence-electron chi connectivity index (χ1n) is 6.41. The van der Waals surface area contributed by atoms with Crippen LogP contribution in [-0.4, -0.2) is 31.7 Å². The molecule has 0 amide bonds. The molecule has 5 nitrogen and oxygen atoms in total. The second kappa shape index (κ2) is 5.60. The van der Waals surface area contributed by atoms with E-state index < -0.39 is 21.4 Å². The number of hydrogen-bond donors (Lipinski definition) is 2. The van der Waals surface area contributed by atoms with Crippen LogP contribution in [0.15, 0.2) is 23.1 Å². The summed E-state index contributed by atoms with van der Waals surface area (Å²) in [4.78, 5) is -0.264. The molecular formula is C13H17FN2O3S2. The minimum Gasteiger partial charge on any atom is -0.389 e. The van der Waals surface area contributed by atoms with Crippen LogP contribution < -0.4 is 10.5 Å². The standard InChI is InChI=1S/C13H17FN2O3S2/c1-8-13(2,5-6-19-8)16-21(17,18)9-3-4-11(14)10(7-9)12(15)20/h3-4,7-8,16H,5-6H2,1-2H3,(H2,15,20). The normalized spacial score (nSPS) is 26.0. The molecule has 1 aromatic carbocycles. The van der Waals surface area contributed by atoms with E-state index in [-0.39, 0.29) is 21.6 Å². The van der Waals surface area contributed by atoms with Gasteiger partial charge in [0.1, 0.15) is 10.8 Å². The lowest BCUT2D eigenvalue weighted by Crippen LogP contribution is -2.50. The minimum atomic E-state index is -3.82. The van der Waals surface area contributed by atoms with Gasteiger partial charge in [0, 0.05) is 12.2 Å². The second-order valence-electron chi connectivity index (χ2n) is 5.29. The Hall–Kier alpha value is -1.09. The summed E-state index contributed by atoms with van der Waals surface area (Å²) < 4.78 is 46.5. The lowest BCUT2D eigenvalue weighted by molar-refractivity contribution is 0.0957. The average molecular weight is 332 g/mol. The van der Waals surface area contributed by atoms with Gasteiger partial charge in [-0.3, -0.25) is 0 Å². The van der Waals surface area contributed by atoms with Gasteiger partial charge in [0.15, 0.2) is 0 Å². The Labute approximate surface area is 128 Å². The fourth-order valence-electron chi connectivity index (χ4n) is 2.20. The van der Waals surface area contributed by atoms with Crippen LogP contribution in [0.4, 0.5) is 4.39 Å². The van der Waals surface area contributed by atoms with E-state index in [0.717, 1.165) is 12.1 Å². The molecule has 2 unspecified atom stereocenters. The van der Waals surface area contributed by atoms with Crippen molar-refractivity contribution in [1.29, 1.82) is 0 Å². The molecule has 1 fully saturated rings. The zero-order valence-corrected chi connectivity index (χ0v) is 13.4. The van der Waals surface area contributed by atoms with Crippen molar-refractivity contribution in [3.8, 4) is 0 Å². The third kappa shape index (κ3) is 3.23. The number of hydrogen-bond acceptors (Lipinski definition) is 4. The molecule has 3 N–H and O–H groups in total. The Kier molecular flexibility index (Phi) is 4.34. The number of sulfonamides is 1. The zero-order valence-electron chi connectivity index (χ0n) is 11.7. The summed E-state index contributed by atoms with van der Waals surface area (Å²) in [6, 6.07) is 3.37. The molecule has 1 aliphatic rings. The summed E-state index contributed by atoms with van der Waals surface area (Å²) in [6.45, 7) is 4.07. The highest BCUT2D eigenvalue weighted by atomic mass is 32.2. The van der Waals surface area contributed by atoms with Crippen molar-refractivity contribution in [1.82, 2.24) is 4.72 Å². The third-order valence-electron chi connectivity index (χ3n) is 3.77. The molecule has 1 heterocycles. The monoisotopic (exact) mass is 332 g/mol. The molecule has 1 saturated heterocycles. The van der Waals surface area contributed by atoms with Crippen molar-refractivity contribution < 1.29 is 17.5 Å². The van der Waals surface area contributed by atoms with Crippen LogP contribution in [0.5, 0.6) is 0 Å². The van der Waals surface area contributed by atoms with Crippen LogP contribution in [0.2, 0.25) is 0 Å². The number of nitrogens with two attached hydrogens (primary N) is 1. The number of nitrogens with one attached hydrogen (secondary N) is 1. The highest BCUT2D eigenvalue weighted by molar-refractivity contribution is 7.89. The van der Waals surface area contributed by atoms with Crippen molar-refractivity contribution in [2.45, 2.75) is 36.8 Å². The molecule has 0 aliphatic carbocycles. The predicted molar refractivity (Wildman–Crippen MR) is 81.0 cm³/mol. The highest BCUT2D eigenvalue weighted by Gasteiger charge is 2.40. The lowest BCUT2D eigenvalue weighted by atomic mass is 9.97. The maximum atomic E-state index is 13.5. The van der Waals surface area contributed by atoms with E-state index in [1.54, 1.807) is 13.8 Å². The molecule has 21 heavy (non-hydrogen) atoms. The molecule has 116 valence electrons. The average Bonchev–Trinajstić information content (AvgIpc) is 2.68. The van der Waals surface area contributed by atoms with Gasteiger partial charge in [-0.1, -0.05) is 12.2 Å². The first kappa shape index (κ1) is 16.3. The van der Waals surface area contributed by atoms with Crippen LogP contribution in [0.3, 0.4) is 0 Å².